The summed E-state index contributed by atoms with van der Waals surface area (Å²) < 4.78 is 66.9. The molecular weight excluding hydrogens is 369 g/mol. The zero-order valence-electron chi connectivity index (χ0n) is 15.1. The van der Waals surface area contributed by atoms with E-state index in [1.807, 2.05) is 12.1 Å². The van der Waals surface area contributed by atoms with Crippen LogP contribution in [0.1, 0.15) is 54.0 Å². The summed E-state index contributed by atoms with van der Waals surface area (Å²) in [5.74, 6) is 0.434. The first-order valence-corrected chi connectivity index (χ1v) is 9.24. The van der Waals surface area contributed by atoms with Crippen molar-refractivity contribution in [3.8, 4) is 5.75 Å². The maximum atomic E-state index is 12.1. The van der Waals surface area contributed by atoms with Crippen LogP contribution in [0.2, 0.25) is 0 Å². The van der Waals surface area contributed by atoms with Crippen LogP contribution in [0.3, 0.4) is 0 Å². The fraction of sp³-hybridized carbons (Fsp3) is 0.667. The van der Waals surface area contributed by atoms with E-state index in [4.69, 9.17) is 4.74 Å². The molecule has 0 atom stereocenters. The monoisotopic (exact) mass is 398 g/mol. The van der Waals surface area contributed by atoms with Crippen molar-refractivity contribution >= 4 is 10.1 Å². The van der Waals surface area contributed by atoms with E-state index < -0.39 is 22.2 Å². The number of ether oxygens (including phenoxy) is 1. The van der Waals surface area contributed by atoms with Crippen molar-refractivity contribution in [3.05, 3.63) is 29.8 Å². The summed E-state index contributed by atoms with van der Waals surface area (Å²) in [6, 6.07) is 7.21. The summed E-state index contributed by atoms with van der Waals surface area (Å²) in [6.45, 7) is 9.77. The largest absolute Gasteiger partial charge is 0.523 e. The Morgan fingerprint density at radius 1 is 0.923 bits per heavy atom. The van der Waals surface area contributed by atoms with Gasteiger partial charge >= 0.3 is 15.6 Å². The number of halogens is 3. The fourth-order valence-electron chi connectivity index (χ4n) is 2.80. The summed E-state index contributed by atoms with van der Waals surface area (Å²) in [4.78, 5) is 0. The average Bonchev–Trinajstić information content (AvgIpc) is 2.40. The zero-order chi connectivity index (χ0) is 19.5. The van der Waals surface area contributed by atoms with Crippen LogP contribution in [0, 0.1) is 5.41 Å². The average molecular weight is 398 g/mol. The van der Waals surface area contributed by atoms with Crippen LogP contribution in [-0.2, 0) is 19.7 Å². The molecule has 26 heavy (non-hydrogen) atoms. The Morgan fingerprint density at radius 2 is 1.42 bits per heavy atom. The number of benzene rings is 1. The third-order valence-electron chi connectivity index (χ3n) is 3.48. The topological polar surface area (TPSA) is 52.6 Å². The van der Waals surface area contributed by atoms with Gasteiger partial charge in [0.05, 0.1) is 0 Å². The van der Waals surface area contributed by atoms with Crippen molar-refractivity contribution in [1.82, 2.24) is 0 Å². The first kappa shape index (κ1) is 24.7. The van der Waals surface area contributed by atoms with Gasteiger partial charge in [-0.15, -0.1) is 0 Å². The van der Waals surface area contributed by atoms with Gasteiger partial charge in [-0.25, -0.2) is 0 Å². The Bertz CT molecular complexity index is 657. The predicted molar refractivity (Wildman–Crippen MR) is 96.7 cm³/mol. The van der Waals surface area contributed by atoms with Gasteiger partial charge in [0, 0.05) is 0 Å². The van der Waals surface area contributed by atoms with Crippen molar-refractivity contribution in [1.29, 1.82) is 0 Å². The Morgan fingerprint density at radius 3 is 1.85 bits per heavy atom. The number of alkyl halides is 3. The van der Waals surface area contributed by atoms with E-state index in [0.717, 1.165) is 12.0 Å². The lowest BCUT2D eigenvalue weighted by Crippen LogP contribution is -2.27. The molecular formula is C18H29F3O4S. The molecule has 0 saturated carbocycles. The normalized spacial score (nSPS) is 13.2. The maximum absolute atomic E-state index is 12.1. The second-order valence-electron chi connectivity index (χ2n) is 7.72. The predicted octanol–water partition coefficient (Wildman–Crippen LogP) is 5.28. The van der Waals surface area contributed by atoms with Crippen molar-refractivity contribution in [3.63, 3.8) is 0 Å². The molecule has 0 bridgehead atoms. The Labute approximate surface area is 154 Å². The van der Waals surface area contributed by atoms with E-state index in [2.05, 4.69) is 38.8 Å². The minimum Gasteiger partial charge on any atom is -0.491 e. The van der Waals surface area contributed by atoms with E-state index in [-0.39, 0.29) is 24.9 Å². The molecule has 1 aromatic carbocycles. The molecule has 4 nitrogen and oxygen atoms in total. The van der Waals surface area contributed by atoms with Crippen LogP contribution >= 0.6 is 0 Å². The highest BCUT2D eigenvalue weighted by Crippen LogP contribution is 2.36. The number of rotatable bonds is 7. The van der Waals surface area contributed by atoms with Gasteiger partial charge in [-0.3, -0.25) is 4.18 Å². The van der Waals surface area contributed by atoms with Gasteiger partial charge in [0.1, 0.15) is 19.0 Å². The summed E-state index contributed by atoms with van der Waals surface area (Å²) in [6.07, 6.45) is 0.976. The van der Waals surface area contributed by atoms with E-state index in [0.29, 0.717) is 5.75 Å². The van der Waals surface area contributed by atoms with Gasteiger partial charge in [-0.2, -0.15) is 21.6 Å². The highest BCUT2D eigenvalue weighted by atomic mass is 32.2. The van der Waals surface area contributed by atoms with E-state index in [1.54, 1.807) is 12.1 Å². The first-order chi connectivity index (χ1) is 11.1. The van der Waals surface area contributed by atoms with Crippen LogP contribution < -0.4 is 4.74 Å². The first-order valence-electron chi connectivity index (χ1n) is 7.83. The summed E-state index contributed by atoms with van der Waals surface area (Å²) in [5.41, 5.74) is -4.18. The van der Waals surface area contributed by atoms with Gasteiger partial charge in [0.2, 0.25) is 0 Å². The van der Waals surface area contributed by atoms with Crippen molar-refractivity contribution in [2.45, 2.75) is 59.4 Å². The number of hydrogen-bond acceptors (Lipinski definition) is 4. The standard InChI is InChI=1S/C17H25F3O4S.CH4/c1-15(2,3)12-16(4,5)13-6-8-14(9-7-13)23-10-11-24-25(21,22)17(18,19)20;/h6-9H,10-12H2,1-5H3;1H4. The minimum atomic E-state index is -5.58. The fourth-order valence-corrected chi connectivity index (χ4v) is 3.22. The van der Waals surface area contributed by atoms with Crippen LogP contribution in [0.4, 0.5) is 13.2 Å². The third kappa shape index (κ3) is 7.53. The molecule has 0 aliphatic heterocycles. The van der Waals surface area contributed by atoms with Crippen LogP contribution in [0.5, 0.6) is 5.75 Å². The third-order valence-corrected chi connectivity index (χ3v) is 4.53. The molecule has 8 heteroatoms. The quantitative estimate of drug-likeness (QED) is 0.356. The Kier molecular flexibility index (Phi) is 8.18. The van der Waals surface area contributed by atoms with Crippen molar-refractivity contribution in [2.24, 2.45) is 5.41 Å². The van der Waals surface area contributed by atoms with Gasteiger partial charge in [-0.1, -0.05) is 54.2 Å². The molecule has 0 saturated heterocycles. The molecule has 0 radical (unpaired) electrons. The summed E-state index contributed by atoms with van der Waals surface area (Å²) in [7, 11) is -5.58. The molecule has 0 spiro atoms. The molecule has 0 N–H and O–H groups in total. The molecule has 1 aromatic rings. The van der Waals surface area contributed by atoms with Crippen LogP contribution in [-0.4, -0.2) is 27.1 Å². The van der Waals surface area contributed by atoms with Gasteiger partial charge in [-0.05, 0) is 34.9 Å². The lowest BCUT2D eigenvalue weighted by atomic mass is 9.72. The summed E-state index contributed by atoms with van der Waals surface area (Å²) in [5, 5.41) is 0. The zero-order valence-corrected chi connectivity index (χ0v) is 15.9. The molecule has 0 fully saturated rings. The molecule has 152 valence electrons. The molecule has 0 aliphatic carbocycles. The molecule has 0 aliphatic rings. The number of hydrogen-bond donors (Lipinski definition) is 0. The Hall–Kier alpha value is -1.28. The Balaban J connectivity index is 0.00000625. The van der Waals surface area contributed by atoms with Crippen molar-refractivity contribution in [2.75, 3.05) is 13.2 Å². The van der Waals surface area contributed by atoms with E-state index >= 15 is 0 Å². The highest BCUT2D eigenvalue weighted by Gasteiger charge is 2.47. The van der Waals surface area contributed by atoms with Gasteiger partial charge in [0.25, 0.3) is 0 Å². The lowest BCUT2D eigenvalue weighted by Gasteiger charge is -2.33. The molecule has 0 amide bonds. The van der Waals surface area contributed by atoms with Gasteiger partial charge < -0.3 is 4.74 Å². The van der Waals surface area contributed by atoms with E-state index in [1.165, 1.54) is 0 Å². The highest BCUT2D eigenvalue weighted by molar-refractivity contribution is 7.87. The molecule has 0 aromatic heterocycles. The minimum absolute atomic E-state index is 0. The second kappa shape index (κ2) is 8.61. The SMILES string of the molecule is C.CC(C)(C)CC(C)(C)c1ccc(OCCOS(=O)(=O)C(F)(F)F)cc1. The molecule has 0 heterocycles. The second-order valence-corrected chi connectivity index (χ2v) is 9.32. The maximum Gasteiger partial charge on any atom is 0.523 e. The smallest absolute Gasteiger partial charge is 0.491 e. The van der Waals surface area contributed by atoms with Crippen molar-refractivity contribution < 1.29 is 30.5 Å². The summed E-state index contributed by atoms with van der Waals surface area (Å²) >= 11 is 0. The molecule has 1 rings (SSSR count). The van der Waals surface area contributed by atoms with Crippen LogP contribution in [0.25, 0.3) is 0 Å². The lowest BCUT2D eigenvalue weighted by molar-refractivity contribution is -0.0547. The van der Waals surface area contributed by atoms with Gasteiger partial charge in [0.15, 0.2) is 0 Å². The molecule has 0 unspecified atom stereocenters. The van der Waals surface area contributed by atoms with Crippen LogP contribution in [0.15, 0.2) is 24.3 Å². The van der Waals surface area contributed by atoms with E-state index in [9.17, 15) is 21.6 Å².